The standard InChI is InChI=1S/C10H5ClN4/c11-8-1-7(4-13-5-8)10-2-9(3-12)14-6-15-10/h1-2,4-6H. The normalized spacial score (nSPS) is 9.60. The van der Waals surface area contributed by atoms with Crippen molar-refractivity contribution in [2.24, 2.45) is 0 Å². The van der Waals surface area contributed by atoms with Gasteiger partial charge in [-0.25, -0.2) is 9.97 Å². The van der Waals surface area contributed by atoms with Crippen molar-refractivity contribution in [1.82, 2.24) is 15.0 Å². The average molecular weight is 217 g/mol. The molecule has 0 radical (unpaired) electrons. The van der Waals surface area contributed by atoms with E-state index in [1.807, 2.05) is 6.07 Å². The summed E-state index contributed by atoms with van der Waals surface area (Å²) in [7, 11) is 0. The highest BCUT2D eigenvalue weighted by Gasteiger charge is 2.02. The third kappa shape index (κ3) is 2.09. The summed E-state index contributed by atoms with van der Waals surface area (Å²) in [5.74, 6) is 0. The van der Waals surface area contributed by atoms with Gasteiger partial charge >= 0.3 is 0 Å². The molecule has 0 unspecified atom stereocenters. The maximum atomic E-state index is 8.68. The van der Waals surface area contributed by atoms with Crippen LogP contribution in [0.2, 0.25) is 5.02 Å². The van der Waals surface area contributed by atoms with E-state index in [1.54, 1.807) is 18.3 Å². The second kappa shape index (κ2) is 4.03. The highest BCUT2D eigenvalue weighted by molar-refractivity contribution is 6.30. The third-order valence-corrected chi connectivity index (χ3v) is 1.99. The Bertz CT molecular complexity index is 533. The fourth-order valence-electron chi connectivity index (χ4n) is 1.13. The fraction of sp³-hybridized carbons (Fsp3) is 0. The second-order valence-electron chi connectivity index (χ2n) is 2.79. The van der Waals surface area contributed by atoms with Crippen molar-refractivity contribution in [2.45, 2.75) is 0 Å². The van der Waals surface area contributed by atoms with E-state index in [0.29, 0.717) is 16.4 Å². The molecule has 5 heteroatoms. The smallest absolute Gasteiger partial charge is 0.144 e. The van der Waals surface area contributed by atoms with Gasteiger partial charge in [-0.05, 0) is 6.07 Å². The van der Waals surface area contributed by atoms with Crippen LogP contribution in [0.15, 0.2) is 30.9 Å². The first-order valence-electron chi connectivity index (χ1n) is 4.12. The summed E-state index contributed by atoms with van der Waals surface area (Å²) in [6.07, 6.45) is 4.52. The van der Waals surface area contributed by atoms with Crippen LogP contribution in [0, 0.1) is 11.3 Å². The largest absolute Gasteiger partial charge is 0.262 e. The molecule has 0 bridgehead atoms. The van der Waals surface area contributed by atoms with Crippen LogP contribution in [-0.2, 0) is 0 Å². The molecule has 0 N–H and O–H groups in total. The Morgan fingerprint density at radius 2 is 2.07 bits per heavy atom. The molecule has 2 aromatic heterocycles. The molecule has 0 aliphatic rings. The first-order valence-corrected chi connectivity index (χ1v) is 4.50. The molecular formula is C10H5ClN4. The summed E-state index contributed by atoms with van der Waals surface area (Å²) in [6.45, 7) is 0. The van der Waals surface area contributed by atoms with Crippen LogP contribution in [0.4, 0.5) is 0 Å². The van der Waals surface area contributed by atoms with Crippen LogP contribution >= 0.6 is 11.6 Å². The van der Waals surface area contributed by atoms with Crippen molar-refractivity contribution in [1.29, 1.82) is 5.26 Å². The summed E-state index contributed by atoms with van der Waals surface area (Å²) < 4.78 is 0. The Morgan fingerprint density at radius 3 is 2.80 bits per heavy atom. The van der Waals surface area contributed by atoms with Crippen molar-refractivity contribution < 1.29 is 0 Å². The Hall–Kier alpha value is -1.99. The number of hydrogen-bond acceptors (Lipinski definition) is 4. The Balaban J connectivity index is 2.50. The van der Waals surface area contributed by atoms with Crippen molar-refractivity contribution in [2.75, 3.05) is 0 Å². The predicted molar refractivity (Wildman–Crippen MR) is 55.0 cm³/mol. The number of hydrogen-bond donors (Lipinski definition) is 0. The summed E-state index contributed by atoms with van der Waals surface area (Å²) in [5.41, 5.74) is 1.72. The van der Waals surface area contributed by atoms with Crippen LogP contribution in [-0.4, -0.2) is 15.0 Å². The van der Waals surface area contributed by atoms with Gasteiger partial charge in [0, 0.05) is 24.0 Å². The maximum absolute atomic E-state index is 8.68. The third-order valence-electron chi connectivity index (χ3n) is 1.78. The number of aromatic nitrogens is 3. The van der Waals surface area contributed by atoms with E-state index >= 15 is 0 Å². The van der Waals surface area contributed by atoms with Crippen molar-refractivity contribution in [3.8, 4) is 17.3 Å². The highest BCUT2D eigenvalue weighted by Crippen LogP contribution is 2.19. The van der Waals surface area contributed by atoms with Gasteiger partial charge in [-0.1, -0.05) is 11.6 Å². The molecule has 0 atom stereocenters. The molecule has 2 heterocycles. The van der Waals surface area contributed by atoms with E-state index in [4.69, 9.17) is 16.9 Å². The molecule has 0 aliphatic heterocycles. The molecule has 0 saturated heterocycles. The highest BCUT2D eigenvalue weighted by atomic mass is 35.5. The second-order valence-corrected chi connectivity index (χ2v) is 3.23. The lowest BCUT2D eigenvalue weighted by Gasteiger charge is -1.99. The Kier molecular flexibility index (Phi) is 2.57. The first-order chi connectivity index (χ1) is 7.29. The molecule has 0 saturated carbocycles. The van der Waals surface area contributed by atoms with Crippen molar-refractivity contribution >= 4 is 11.6 Å². The van der Waals surface area contributed by atoms with E-state index in [0.717, 1.165) is 5.56 Å². The van der Waals surface area contributed by atoms with Crippen LogP contribution in [0.3, 0.4) is 0 Å². The molecule has 15 heavy (non-hydrogen) atoms. The zero-order valence-electron chi connectivity index (χ0n) is 7.55. The molecular weight excluding hydrogens is 212 g/mol. The van der Waals surface area contributed by atoms with Gasteiger partial charge in [0.25, 0.3) is 0 Å². The summed E-state index contributed by atoms with van der Waals surface area (Å²) in [5, 5.41) is 9.21. The Morgan fingerprint density at radius 1 is 1.20 bits per heavy atom. The summed E-state index contributed by atoms with van der Waals surface area (Å²) in [4.78, 5) is 11.8. The van der Waals surface area contributed by atoms with Gasteiger partial charge in [0.2, 0.25) is 0 Å². The molecule has 0 aliphatic carbocycles. The fourth-order valence-corrected chi connectivity index (χ4v) is 1.30. The number of rotatable bonds is 1. The van der Waals surface area contributed by atoms with Gasteiger partial charge in [-0.2, -0.15) is 5.26 Å². The number of pyridine rings is 1. The van der Waals surface area contributed by atoms with Crippen molar-refractivity contribution in [3.63, 3.8) is 0 Å². The van der Waals surface area contributed by atoms with Crippen LogP contribution in [0.1, 0.15) is 5.69 Å². The lowest BCUT2D eigenvalue weighted by atomic mass is 10.2. The minimum Gasteiger partial charge on any atom is -0.262 e. The molecule has 0 fully saturated rings. The summed E-state index contributed by atoms with van der Waals surface area (Å²) in [6, 6.07) is 5.27. The molecule has 0 aromatic carbocycles. The zero-order valence-corrected chi connectivity index (χ0v) is 8.31. The summed E-state index contributed by atoms with van der Waals surface area (Å²) >= 11 is 5.80. The van der Waals surface area contributed by atoms with Crippen LogP contribution in [0.25, 0.3) is 11.3 Å². The van der Waals surface area contributed by atoms with Crippen LogP contribution < -0.4 is 0 Å². The van der Waals surface area contributed by atoms with Gasteiger partial charge in [-0.3, -0.25) is 4.98 Å². The lowest BCUT2D eigenvalue weighted by molar-refractivity contribution is 1.14. The zero-order chi connectivity index (χ0) is 10.7. The average Bonchev–Trinajstić information content (AvgIpc) is 2.29. The van der Waals surface area contributed by atoms with Gasteiger partial charge in [0.15, 0.2) is 0 Å². The van der Waals surface area contributed by atoms with E-state index in [1.165, 1.54) is 12.5 Å². The van der Waals surface area contributed by atoms with Gasteiger partial charge < -0.3 is 0 Å². The molecule has 2 aromatic rings. The van der Waals surface area contributed by atoms with Gasteiger partial charge in [0.1, 0.15) is 18.1 Å². The lowest BCUT2D eigenvalue weighted by Crippen LogP contribution is -1.89. The van der Waals surface area contributed by atoms with Gasteiger partial charge in [0.05, 0.1) is 10.7 Å². The minimum atomic E-state index is 0.319. The molecule has 72 valence electrons. The Labute approximate surface area is 91.2 Å². The minimum absolute atomic E-state index is 0.319. The van der Waals surface area contributed by atoms with E-state index in [9.17, 15) is 0 Å². The van der Waals surface area contributed by atoms with E-state index < -0.39 is 0 Å². The molecule has 2 rings (SSSR count). The topological polar surface area (TPSA) is 62.5 Å². The quantitative estimate of drug-likeness (QED) is 0.732. The van der Waals surface area contributed by atoms with Crippen LogP contribution in [0.5, 0.6) is 0 Å². The molecule has 0 spiro atoms. The first kappa shape index (κ1) is 9.56. The molecule has 0 amide bonds. The van der Waals surface area contributed by atoms with E-state index in [2.05, 4.69) is 15.0 Å². The van der Waals surface area contributed by atoms with Gasteiger partial charge in [-0.15, -0.1) is 0 Å². The van der Waals surface area contributed by atoms with E-state index in [-0.39, 0.29) is 0 Å². The number of halogens is 1. The molecule has 4 nitrogen and oxygen atoms in total. The number of nitrogens with zero attached hydrogens (tertiary/aromatic N) is 4. The SMILES string of the molecule is N#Cc1cc(-c2cncc(Cl)c2)ncn1. The predicted octanol–water partition coefficient (Wildman–Crippen LogP) is 2.06. The van der Waals surface area contributed by atoms with Crippen molar-refractivity contribution in [3.05, 3.63) is 41.6 Å². The number of nitriles is 1. The monoisotopic (exact) mass is 216 g/mol. The maximum Gasteiger partial charge on any atom is 0.144 e.